The Morgan fingerprint density at radius 3 is 2.85 bits per heavy atom. The Morgan fingerprint density at radius 2 is 2.20 bits per heavy atom. The molecule has 1 aromatic carbocycles. The van der Waals surface area contributed by atoms with Crippen LogP contribution in [0.4, 0.5) is 5.69 Å². The van der Waals surface area contributed by atoms with Crippen molar-refractivity contribution in [1.82, 2.24) is 10.6 Å². The summed E-state index contributed by atoms with van der Waals surface area (Å²) >= 11 is 5.97. The topological polar surface area (TPSA) is 70.2 Å². The van der Waals surface area contributed by atoms with E-state index in [2.05, 4.69) is 16.0 Å². The van der Waals surface area contributed by atoms with Crippen molar-refractivity contribution in [2.24, 2.45) is 5.92 Å². The van der Waals surface area contributed by atoms with Crippen LogP contribution in [0.3, 0.4) is 0 Å². The van der Waals surface area contributed by atoms with E-state index in [1.165, 1.54) is 7.05 Å². The van der Waals surface area contributed by atoms with Gasteiger partial charge in [0.2, 0.25) is 5.91 Å². The van der Waals surface area contributed by atoms with Gasteiger partial charge in [0.05, 0.1) is 16.5 Å². The monoisotopic (exact) mass is 295 g/mol. The summed E-state index contributed by atoms with van der Waals surface area (Å²) < 4.78 is 0. The molecule has 3 N–H and O–H groups in total. The second-order valence-corrected chi connectivity index (χ2v) is 5.21. The molecular weight excluding hydrogens is 278 g/mol. The second kappa shape index (κ2) is 6.72. The molecule has 1 aliphatic heterocycles. The number of amides is 2. The fourth-order valence-electron chi connectivity index (χ4n) is 2.23. The predicted molar refractivity (Wildman–Crippen MR) is 79.1 cm³/mol. The standard InChI is InChI=1S/C14H18ClN3O2/c1-16-14(20)11-7-10(4-5-12(11)15)18-13(19)9-3-2-6-17-8-9/h4-5,7,9,17H,2-3,6,8H2,1H3,(H,16,20)(H,18,19)/t9-/m1/s1. The maximum Gasteiger partial charge on any atom is 0.252 e. The minimum Gasteiger partial charge on any atom is -0.355 e. The number of hydrogen-bond acceptors (Lipinski definition) is 3. The molecule has 1 heterocycles. The average molecular weight is 296 g/mol. The normalized spacial score (nSPS) is 18.4. The molecule has 0 bridgehead atoms. The van der Waals surface area contributed by atoms with Crippen LogP contribution in [0.5, 0.6) is 0 Å². The Hall–Kier alpha value is -1.59. The SMILES string of the molecule is CNC(=O)c1cc(NC(=O)[C@@H]2CCCNC2)ccc1Cl. The molecular formula is C14H18ClN3O2. The van der Waals surface area contributed by atoms with E-state index in [0.29, 0.717) is 22.8 Å². The fraction of sp³-hybridized carbons (Fsp3) is 0.429. The van der Waals surface area contributed by atoms with Crippen LogP contribution >= 0.6 is 11.6 Å². The van der Waals surface area contributed by atoms with Gasteiger partial charge < -0.3 is 16.0 Å². The lowest BCUT2D eigenvalue weighted by Gasteiger charge is -2.22. The molecule has 0 radical (unpaired) electrons. The smallest absolute Gasteiger partial charge is 0.252 e. The number of anilines is 1. The molecule has 2 amide bonds. The van der Waals surface area contributed by atoms with Crippen LogP contribution in [0.1, 0.15) is 23.2 Å². The van der Waals surface area contributed by atoms with Crippen molar-refractivity contribution in [2.45, 2.75) is 12.8 Å². The van der Waals surface area contributed by atoms with Gasteiger partial charge >= 0.3 is 0 Å². The average Bonchev–Trinajstić information content (AvgIpc) is 2.49. The molecule has 1 atom stereocenters. The molecule has 0 saturated carbocycles. The van der Waals surface area contributed by atoms with E-state index in [9.17, 15) is 9.59 Å². The summed E-state index contributed by atoms with van der Waals surface area (Å²) in [4.78, 5) is 23.8. The number of hydrogen-bond donors (Lipinski definition) is 3. The lowest BCUT2D eigenvalue weighted by molar-refractivity contribution is -0.120. The highest BCUT2D eigenvalue weighted by atomic mass is 35.5. The molecule has 1 saturated heterocycles. The minimum atomic E-state index is -0.273. The van der Waals surface area contributed by atoms with E-state index in [0.717, 1.165) is 19.4 Å². The highest BCUT2D eigenvalue weighted by Crippen LogP contribution is 2.21. The number of piperidine rings is 1. The highest BCUT2D eigenvalue weighted by molar-refractivity contribution is 6.34. The van der Waals surface area contributed by atoms with Crippen LogP contribution in [0.15, 0.2) is 18.2 Å². The lowest BCUT2D eigenvalue weighted by Crippen LogP contribution is -2.37. The first-order chi connectivity index (χ1) is 9.61. The zero-order chi connectivity index (χ0) is 14.5. The zero-order valence-corrected chi connectivity index (χ0v) is 12.1. The van der Waals surface area contributed by atoms with Crippen molar-refractivity contribution in [3.05, 3.63) is 28.8 Å². The third kappa shape index (κ3) is 3.49. The van der Waals surface area contributed by atoms with E-state index < -0.39 is 0 Å². The van der Waals surface area contributed by atoms with Gasteiger partial charge in [-0.2, -0.15) is 0 Å². The Kier molecular flexibility index (Phi) is 4.98. The van der Waals surface area contributed by atoms with Gasteiger partial charge in [-0.25, -0.2) is 0 Å². The molecule has 0 aromatic heterocycles. The Balaban J connectivity index is 2.09. The quantitative estimate of drug-likeness (QED) is 0.794. The molecule has 2 rings (SSSR count). The summed E-state index contributed by atoms with van der Waals surface area (Å²) in [6.07, 6.45) is 1.89. The van der Waals surface area contributed by atoms with Gasteiger partial charge in [0, 0.05) is 19.3 Å². The van der Waals surface area contributed by atoms with Crippen molar-refractivity contribution in [3.63, 3.8) is 0 Å². The van der Waals surface area contributed by atoms with Crippen molar-refractivity contribution < 1.29 is 9.59 Å². The first-order valence-electron chi connectivity index (χ1n) is 6.65. The van der Waals surface area contributed by atoms with Gasteiger partial charge in [0.15, 0.2) is 0 Å². The molecule has 108 valence electrons. The highest BCUT2D eigenvalue weighted by Gasteiger charge is 2.21. The number of carbonyl (C=O) groups excluding carboxylic acids is 2. The van der Waals surface area contributed by atoms with Gasteiger partial charge in [-0.3, -0.25) is 9.59 Å². The number of halogens is 1. The summed E-state index contributed by atoms with van der Waals surface area (Å²) in [6, 6.07) is 4.90. The van der Waals surface area contributed by atoms with Gasteiger partial charge in [0.1, 0.15) is 0 Å². The number of carbonyl (C=O) groups is 2. The van der Waals surface area contributed by atoms with E-state index >= 15 is 0 Å². The molecule has 0 aliphatic carbocycles. The van der Waals surface area contributed by atoms with Crippen LogP contribution in [0.25, 0.3) is 0 Å². The van der Waals surface area contributed by atoms with Crippen molar-refractivity contribution in [3.8, 4) is 0 Å². The summed E-state index contributed by atoms with van der Waals surface area (Å²) in [7, 11) is 1.54. The Morgan fingerprint density at radius 1 is 1.40 bits per heavy atom. The largest absolute Gasteiger partial charge is 0.355 e. The van der Waals surface area contributed by atoms with Crippen LogP contribution < -0.4 is 16.0 Å². The van der Waals surface area contributed by atoms with Crippen LogP contribution in [-0.2, 0) is 4.79 Å². The Labute approximate surface area is 123 Å². The molecule has 0 spiro atoms. The molecule has 1 fully saturated rings. The number of nitrogens with one attached hydrogen (secondary N) is 3. The molecule has 20 heavy (non-hydrogen) atoms. The van der Waals surface area contributed by atoms with E-state index in [-0.39, 0.29) is 17.7 Å². The lowest BCUT2D eigenvalue weighted by atomic mass is 9.98. The summed E-state index contributed by atoms with van der Waals surface area (Å²) in [5.41, 5.74) is 0.942. The van der Waals surface area contributed by atoms with Gasteiger partial charge in [-0.15, -0.1) is 0 Å². The Bertz CT molecular complexity index is 513. The molecule has 0 unspecified atom stereocenters. The van der Waals surface area contributed by atoms with E-state index in [1.54, 1.807) is 18.2 Å². The summed E-state index contributed by atoms with van der Waals surface area (Å²) in [5, 5.41) is 8.93. The van der Waals surface area contributed by atoms with Gasteiger partial charge in [-0.1, -0.05) is 11.6 Å². The molecule has 1 aliphatic rings. The van der Waals surface area contributed by atoms with Crippen molar-refractivity contribution in [2.75, 3.05) is 25.5 Å². The maximum absolute atomic E-state index is 12.1. The van der Waals surface area contributed by atoms with Gasteiger partial charge in [0.25, 0.3) is 5.91 Å². The second-order valence-electron chi connectivity index (χ2n) is 4.81. The predicted octanol–water partition coefficient (Wildman–Crippen LogP) is 1.64. The van der Waals surface area contributed by atoms with Crippen LogP contribution in [-0.4, -0.2) is 32.0 Å². The van der Waals surface area contributed by atoms with Crippen molar-refractivity contribution >= 4 is 29.1 Å². The summed E-state index contributed by atoms with van der Waals surface area (Å²) in [6.45, 7) is 1.66. The number of benzene rings is 1. The summed E-state index contributed by atoms with van der Waals surface area (Å²) in [5.74, 6) is -0.323. The number of rotatable bonds is 3. The van der Waals surface area contributed by atoms with E-state index in [1.807, 2.05) is 0 Å². The van der Waals surface area contributed by atoms with Crippen LogP contribution in [0.2, 0.25) is 5.02 Å². The first kappa shape index (κ1) is 14.8. The maximum atomic E-state index is 12.1. The van der Waals surface area contributed by atoms with Crippen LogP contribution in [0, 0.1) is 5.92 Å². The first-order valence-corrected chi connectivity index (χ1v) is 7.03. The van der Waals surface area contributed by atoms with Crippen molar-refractivity contribution in [1.29, 1.82) is 0 Å². The zero-order valence-electron chi connectivity index (χ0n) is 11.3. The third-order valence-electron chi connectivity index (χ3n) is 3.37. The molecule has 1 aromatic rings. The van der Waals surface area contributed by atoms with E-state index in [4.69, 9.17) is 11.6 Å². The third-order valence-corrected chi connectivity index (χ3v) is 3.70. The van der Waals surface area contributed by atoms with Gasteiger partial charge in [-0.05, 0) is 37.6 Å². The fourth-order valence-corrected chi connectivity index (χ4v) is 2.44. The molecule has 5 nitrogen and oxygen atoms in total. The minimum absolute atomic E-state index is 0.0251. The molecule has 6 heteroatoms.